The van der Waals surface area contributed by atoms with E-state index >= 15 is 0 Å². The molecular formula is C22H22F3IN4O2. The van der Waals surface area contributed by atoms with Crippen molar-refractivity contribution in [2.24, 2.45) is 5.92 Å². The van der Waals surface area contributed by atoms with E-state index in [2.05, 4.69) is 32.9 Å². The largest absolute Gasteiger partial charge is 0.494 e. The number of nitrogens with zero attached hydrogens (tertiary/aromatic N) is 3. The molecule has 1 aliphatic rings. The number of methoxy groups -OCH3 is 1. The van der Waals surface area contributed by atoms with Crippen molar-refractivity contribution in [1.82, 2.24) is 14.8 Å². The number of rotatable bonds is 5. The van der Waals surface area contributed by atoms with E-state index < -0.39 is 17.8 Å². The zero-order chi connectivity index (χ0) is 22.9. The van der Waals surface area contributed by atoms with E-state index in [0.717, 1.165) is 41.8 Å². The first-order valence-corrected chi connectivity index (χ1v) is 11.8. The molecule has 1 N–H and O–H groups in total. The Morgan fingerprint density at radius 3 is 2.66 bits per heavy atom. The summed E-state index contributed by atoms with van der Waals surface area (Å²) in [4.78, 5) is 16.0. The maximum atomic E-state index is 12.9. The van der Waals surface area contributed by atoms with Gasteiger partial charge in [-0.1, -0.05) is 28.7 Å². The minimum absolute atomic E-state index is 0.329. The monoisotopic (exact) mass is 558 g/mol. The molecule has 0 radical (unpaired) electrons. The molecule has 2 heterocycles. The molecule has 1 saturated carbocycles. The summed E-state index contributed by atoms with van der Waals surface area (Å²) in [5.41, 5.74) is -0.374. The fourth-order valence-electron chi connectivity index (χ4n) is 3.99. The zero-order valence-corrected chi connectivity index (χ0v) is 19.5. The van der Waals surface area contributed by atoms with E-state index in [4.69, 9.17) is 9.84 Å². The molecule has 0 unspecified atom stereocenters. The second-order valence-electron chi connectivity index (χ2n) is 7.91. The van der Waals surface area contributed by atoms with Gasteiger partial charge in [0, 0.05) is 22.1 Å². The summed E-state index contributed by atoms with van der Waals surface area (Å²) in [7, 11) is 1.46. The van der Waals surface area contributed by atoms with E-state index in [9.17, 15) is 18.0 Å². The summed E-state index contributed by atoms with van der Waals surface area (Å²) in [5, 5.41) is 8.13. The molecule has 0 spiro atoms. The number of ether oxygens (including phenoxy) is 1. The molecule has 1 aliphatic carbocycles. The number of alkyl halides is 4. The lowest BCUT2D eigenvalue weighted by Gasteiger charge is -2.27. The third-order valence-corrected chi connectivity index (χ3v) is 7.02. The number of hydrogen-bond acceptors (Lipinski definition) is 4. The van der Waals surface area contributed by atoms with Gasteiger partial charge in [0.15, 0.2) is 0 Å². The number of hydrogen-bond donors (Lipinski definition) is 1. The van der Waals surface area contributed by atoms with Gasteiger partial charge in [-0.05, 0) is 49.8 Å². The first kappa shape index (κ1) is 22.8. The van der Waals surface area contributed by atoms with Gasteiger partial charge in [0.1, 0.15) is 17.1 Å². The molecule has 0 saturated heterocycles. The Morgan fingerprint density at radius 1 is 1.25 bits per heavy atom. The molecule has 10 heteroatoms. The normalized spacial score (nSPS) is 19.2. The Morgan fingerprint density at radius 2 is 2.00 bits per heavy atom. The van der Waals surface area contributed by atoms with Crippen LogP contribution in [0.15, 0.2) is 36.5 Å². The number of nitrogens with one attached hydrogen (secondary N) is 1. The van der Waals surface area contributed by atoms with E-state index in [1.807, 2.05) is 10.9 Å². The molecule has 4 rings (SSSR count). The maximum Gasteiger partial charge on any atom is 0.433 e. The molecule has 1 fully saturated rings. The van der Waals surface area contributed by atoms with Crippen molar-refractivity contribution in [2.45, 2.75) is 37.9 Å². The highest BCUT2D eigenvalue weighted by molar-refractivity contribution is 14.1. The zero-order valence-electron chi connectivity index (χ0n) is 17.3. The summed E-state index contributed by atoms with van der Waals surface area (Å²) in [6.45, 7) is 0. The van der Waals surface area contributed by atoms with Crippen molar-refractivity contribution in [1.29, 1.82) is 0 Å². The third kappa shape index (κ3) is 4.84. The first-order valence-electron chi connectivity index (χ1n) is 10.3. The maximum absolute atomic E-state index is 12.9. The van der Waals surface area contributed by atoms with Crippen LogP contribution in [-0.2, 0) is 6.18 Å². The highest BCUT2D eigenvalue weighted by atomic mass is 127. The van der Waals surface area contributed by atoms with Crippen LogP contribution < -0.4 is 10.1 Å². The number of carbonyl (C=O) groups is 1. The average molecular weight is 558 g/mol. The molecule has 6 nitrogen and oxygen atoms in total. The van der Waals surface area contributed by atoms with E-state index in [0.29, 0.717) is 17.5 Å². The Bertz CT molecular complexity index is 1120. The predicted molar refractivity (Wildman–Crippen MR) is 123 cm³/mol. The number of fused-ring (bicyclic) bond motifs is 1. The smallest absolute Gasteiger partial charge is 0.433 e. The van der Waals surface area contributed by atoms with Crippen molar-refractivity contribution in [3.63, 3.8) is 0 Å². The lowest BCUT2D eigenvalue weighted by atomic mass is 9.87. The number of carbonyl (C=O) groups excluding carboxylic acids is 1. The highest BCUT2D eigenvalue weighted by Crippen LogP contribution is 2.35. The van der Waals surface area contributed by atoms with E-state index in [1.165, 1.54) is 30.4 Å². The second-order valence-corrected chi connectivity index (χ2v) is 8.79. The minimum atomic E-state index is -4.63. The van der Waals surface area contributed by atoms with Gasteiger partial charge >= 0.3 is 6.18 Å². The number of anilines is 1. The number of halogens is 4. The van der Waals surface area contributed by atoms with Crippen molar-refractivity contribution < 1.29 is 22.7 Å². The minimum Gasteiger partial charge on any atom is -0.494 e. The summed E-state index contributed by atoms with van der Waals surface area (Å²) in [6, 6.07) is 6.99. The second kappa shape index (κ2) is 9.24. The predicted octanol–water partition coefficient (Wildman–Crippen LogP) is 5.88. The van der Waals surface area contributed by atoms with Gasteiger partial charge in [-0.3, -0.25) is 9.48 Å². The van der Waals surface area contributed by atoms with Gasteiger partial charge < -0.3 is 10.1 Å². The van der Waals surface area contributed by atoms with Gasteiger partial charge in [-0.15, -0.1) is 0 Å². The van der Waals surface area contributed by atoms with Crippen LogP contribution in [0.2, 0.25) is 0 Å². The van der Waals surface area contributed by atoms with Crippen molar-refractivity contribution in [3.8, 4) is 5.75 Å². The van der Waals surface area contributed by atoms with Crippen LogP contribution in [0, 0.1) is 5.92 Å². The molecular weight excluding hydrogens is 536 g/mol. The quantitative estimate of drug-likeness (QED) is 0.314. The van der Waals surface area contributed by atoms with Crippen LogP contribution in [0.25, 0.3) is 10.9 Å². The van der Waals surface area contributed by atoms with Crippen molar-refractivity contribution >= 4 is 45.1 Å². The molecule has 0 bridgehead atoms. The summed E-state index contributed by atoms with van der Waals surface area (Å²) in [6.07, 6.45) is 1.82. The lowest BCUT2D eigenvalue weighted by Crippen LogP contribution is -2.19. The summed E-state index contributed by atoms with van der Waals surface area (Å²) < 4.78 is 47.3. The Balaban J connectivity index is 1.58. The van der Waals surface area contributed by atoms with Crippen LogP contribution in [0.3, 0.4) is 0 Å². The molecule has 170 valence electrons. The molecule has 32 heavy (non-hydrogen) atoms. The number of benzene rings is 1. The number of aromatic nitrogens is 3. The highest BCUT2D eigenvalue weighted by Gasteiger charge is 2.33. The number of amides is 1. The Kier molecular flexibility index (Phi) is 6.59. The van der Waals surface area contributed by atoms with Gasteiger partial charge in [-0.2, -0.15) is 18.3 Å². The topological polar surface area (TPSA) is 69.0 Å². The van der Waals surface area contributed by atoms with E-state index in [1.54, 1.807) is 12.1 Å². The van der Waals surface area contributed by atoms with Crippen molar-refractivity contribution in [2.75, 3.05) is 16.9 Å². The fraction of sp³-hybridized carbons (Fsp3) is 0.409. The van der Waals surface area contributed by atoms with Crippen molar-refractivity contribution in [3.05, 3.63) is 47.9 Å². The first-order chi connectivity index (χ1) is 15.3. The lowest BCUT2D eigenvalue weighted by molar-refractivity contribution is -0.141. The van der Waals surface area contributed by atoms with E-state index in [-0.39, 0.29) is 5.69 Å². The third-order valence-electron chi connectivity index (χ3n) is 5.77. The molecule has 3 aromatic rings. The van der Waals surface area contributed by atoms with Crippen LogP contribution in [-0.4, -0.2) is 32.2 Å². The fourth-order valence-corrected chi connectivity index (χ4v) is 4.88. The van der Waals surface area contributed by atoms with Crippen LogP contribution in [0.4, 0.5) is 18.9 Å². The average Bonchev–Trinajstić information content (AvgIpc) is 3.21. The molecule has 0 aliphatic heterocycles. The molecule has 1 amide bonds. The number of pyridine rings is 1. The standard InChI is InChI=1S/C22H22F3IN4O2/c1-32-19-10-17-14(12-30(29-17)15-7-5-13(11-26)6-8-15)9-18(19)28-21(31)16-3-2-4-20(27-16)22(23,24)25/h2-4,9-10,12-13,15H,5-8,11H2,1H3,(H,28,31)/t13-,15-. The van der Waals surface area contributed by atoms with Gasteiger partial charge in [0.05, 0.1) is 24.4 Å². The molecule has 1 aromatic carbocycles. The summed E-state index contributed by atoms with van der Waals surface area (Å²) in [5.74, 6) is 0.387. The Labute approximate surface area is 196 Å². The van der Waals surface area contributed by atoms with Crippen LogP contribution in [0.5, 0.6) is 5.75 Å². The van der Waals surface area contributed by atoms with Gasteiger partial charge in [-0.25, -0.2) is 4.98 Å². The Hall–Kier alpha value is -2.37. The summed E-state index contributed by atoms with van der Waals surface area (Å²) >= 11 is 2.44. The van der Waals surface area contributed by atoms with Gasteiger partial charge in [0.2, 0.25) is 0 Å². The molecule has 0 atom stereocenters. The SMILES string of the molecule is COc1cc2nn([C@H]3CC[C@H](CI)CC3)cc2cc1NC(=O)c1cccc(C(F)(F)F)n1. The van der Waals surface area contributed by atoms with Crippen LogP contribution in [0.1, 0.15) is 47.9 Å². The molecule has 2 aromatic heterocycles. The van der Waals surface area contributed by atoms with Crippen LogP contribution >= 0.6 is 22.6 Å². The van der Waals surface area contributed by atoms with Gasteiger partial charge in [0.25, 0.3) is 5.91 Å².